The Morgan fingerprint density at radius 1 is 1.33 bits per heavy atom. The van der Waals surface area contributed by atoms with Crippen LogP contribution in [0, 0.1) is 2.88 Å². The number of halogens is 2. The highest BCUT2D eigenvalue weighted by atomic mass is 127. The van der Waals surface area contributed by atoms with E-state index in [2.05, 4.69) is 61.4 Å². The van der Waals surface area contributed by atoms with Gasteiger partial charge in [-0.2, -0.15) is 0 Å². The summed E-state index contributed by atoms with van der Waals surface area (Å²) < 4.78 is 2.44. The SMILES string of the molecule is NC(Cc1cc(Br)cs1)c1csc(I)c1. The number of hydrogen-bond acceptors (Lipinski definition) is 3. The number of nitrogens with two attached hydrogens (primary N) is 1. The maximum absolute atomic E-state index is 6.14. The van der Waals surface area contributed by atoms with Crippen LogP contribution in [0.5, 0.6) is 0 Å². The molecule has 0 aromatic carbocycles. The van der Waals surface area contributed by atoms with Crippen molar-refractivity contribution in [3.05, 3.63) is 40.7 Å². The van der Waals surface area contributed by atoms with E-state index in [1.807, 2.05) is 0 Å². The van der Waals surface area contributed by atoms with E-state index >= 15 is 0 Å². The Bertz CT molecular complexity index is 452. The molecule has 0 amide bonds. The molecular weight excluding hydrogens is 405 g/mol. The van der Waals surface area contributed by atoms with Crippen LogP contribution in [0.15, 0.2) is 27.4 Å². The van der Waals surface area contributed by atoms with Crippen molar-refractivity contribution in [3.63, 3.8) is 0 Å². The first-order valence-corrected chi connectivity index (χ1v) is 8.00. The summed E-state index contributed by atoms with van der Waals surface area (Å²) in [5, 5.41) is 4.24. The molecule has 0 fully saturated rings. The van der Waals surface area contributed by atoms with Crippen LogP contribution >= 0.6 is 61.2 Å². The second-order valence-electron chi connectivity index (χ2n) is 3.23. The largest absolute Gasteiger partial charge is 0.324 e. The van der Waals surface area contributed by atoms with Crippen molar-refractivity contribution in [2.45, 2.75) is 12.5 Å². The predicted octanol–water partition coefficient (Wildman–Crippen LogP) is 4.42. The zero-order chi connectivity index (χ0) is 10.8. The highest BCUT2D eigenvalue weighted by Crippen LogP contribution is 2.27. The van der Waals surface area contributed by atoms with Crippen LogP contribution in [0.4, 0.5) is 0 Å². The lowest BCUT2D eigenvalue weighted by Gasteiger charge is -2.07. The quantitative estimate of drug-likeness (QED) is 0.740. The lowest BCUT2D eigenvalue weighted by Crippen LogP contribution is -2.11. The Morgan fingerprint density at radius 2 is 2.13 bits per heavy atom. The number of hydrogen-bond donors (Lipinski definition) is 1. The van der Waals surface area contributed by atoms with Gasteiger partial charge in [-0.05, 0) is 61.6 Å². The van der Waals surface area contributed by atoms with Gasteiger partial charge in [0, 0.05) is 27.2 Å². The molecule has 0 bridgehead atoms. The molecule has 0 saturated heterocycles. The third-order valence-corrected chi connectivity index (χ3v) is 5.59. The Morgan fingerprint density at radius 3 is 2.67 bits per heavy atom. The summed E-state index contributed by atoms with van der Waals surface area (Å²) in [6.45, 7) is 0. The average molecular weight is 414 g/mol. The normalized spacial score (nSPS) is 13.0. The molecule has 0 aliphatic carbocycles. The van der Waals surface area contributed by atoms with Crippen molar-refractivity contribution in [2.24, 2.45) is 5.73 Å². The van der Waals surface area contributed by atoms with E-state index in [1.54, 1.807) is 22.7 Å². The van der Waals surface area contributed by atoms with Gasteiger partial charge in [0.1, 0.15) is 0 Å². The van der Waals surface area contributed by atoms with Crippen molar-refractivity contribution in [1.29, 1.82) is 0 Å². The van der Waals surface area contributed by atoms with E-state index in [0.717, 1.165) is 10.9 Å². The Balaban J connectivity index is 2.06. The third kappa shape index (κ3) is 3.26. The third-order valence-electron chi connectivity index (χ3n) is 2.06. The maximum atomic E-state index is 6.14. The Kier molecular flexibility index (Phi) is 4.23. The average Bonchev–Trinajstić information content (AvgIpc) is 2.75. The fraction of sp³-hybridized carbons (Fsp3) is 0.200. The van der Waals surface area contributed by atoms with E-state index in [1.165, 1.54) is 13.3 Å². The minimum absolute atomic E-state index is 0.121. The molecule has 2 aromatic heterocycles. The van der Waals surface area contributed by atoms with Crippen LogP contribution in [0.25, 0.3) is 0 Å². The number of rotatable bonds is 3. The van der Waals surface area contributed by atoms with Gasteiger partial charge in [0.2, 0.25) is 0 Å². The second kappa shape index (κ2) is 5.27. The first-order valence-electron chi connectivity index (χ1n) is 4.37. The Labute approximate surface area is 119 Å². The molecular formula is C10H9BrINS2. The van der Waals surface area contributed by atoms with E-state index in [-0.39, 0.29) is 6.04 Å². The molecule has 1 unspecified atom stereocenters. The van der Waals surface area contributed by atoms with Gasteiger partial charge in [-0.1, -0.05) is 0 Å². The van der Waals surface area contributed by atoms with Crippen LogP contribution in [0.2, 0.25) is 0 Å². The van der Waals surface area contributed by atoms with Gasteiger partial charge in [-0.15, -0.1) is 22.7 Å². The molecule has 0 radical (unpaired) electrons. The summed E-state index contributed by atoms with van der Waals surface area (Å²) in [6.07, 6.45) is 0.920. The summed E-state index contributed by atoms with van der Waals surface area (Å²) >= 11 is 9.28. The molecule has 0 spiro atoms. The number of thiophene rings is 2. The van der Waals surface area contributed by atoms with E-state index in [9.17, 15) is 0 Å². The van der Waals surface area contributed by atoms with Crippen molar-refractivity contribution in [2.75, 3.05) is 0 Å². The molecule has 1 atom stereocenters. The smallest absolute Gasteiger partial charge is 0.0656 e. The first kappa shape index (κ1) is 12.0. The fourth-order valence-corrected chi connectivity index (χ4v) is 4.26. The lowest BCUT2D eigenvalue weighted by molar-refractivity contribution is 0.733. The van der Waals surface area contributed by atoms with Gasteiger partial charge in [-0.3, -0.25) is 0 Å². The minimum atomic E-state index is 0.121. The standard InChI is InChI=1S/C10H9BrINS2/c11-7-2-8(14-5-7)3-9(13)6-1-10(12)15-4-6/h1-2,4-5,9H,3,13H2. The molecule has 0 aliphatic heterocycles. The van der Waals surface area contributed by atoms with Crippen molar-refractivity contribution < 1.29 is 0 Å². The Hall–Kier alpha value is 0.570. The maximum Gasteiger partial charge on any atom is 0.0656 e. The van der Waals surface area contributed by atoms with Crippen LogP contribution in [-0.4, -0.2) is 0 Å². The topological polar surface area (TPSA) is 26.0 Å². The summed E-state index contributed by atoms with van der Waals surface area (Å²) in [5.41, 5.74) is 7.39. The lowest BCUT2D eigenvalue weighted by atomic mass is 10.1. The van der Waals surface area contributed by atoms with Crippen molar-refractivity contribution in [3.8, 4) is 0 Å². The molecule has 15 heavy (non-hydrogen) atoms. The molecule has 2 aromatic rings. The van der Waals surface area contributed by atoms with E-state index < -0.39 is 0 Å². The van der Waals surface area contributed by atoms with Crippen molar-refractivity contribution >= 4 is 61.2 Å². The first-order chi connectivity index (χ1) is 7.15. The van der Waals surface area contributed by atoms with E-state index in [0.29, 0.717) is 0 Å². The van der Waals surface area contributed by atoms with Gasteiger partial charge in [-0.25, -0.2) is 0 Å². The monoisotopic (exact) mass is 413 g/mol. The molecule has 2 rings (SSSR count). The summed E-state index contributed by atoms with van der Waals surface area (Å²) in [7, 11) is 0. The van der Waals surface area contributed by atoms with Crippen molar-refractivity contribution in [1.82, 2.24) is 0 Å². The highest BCUT2D eigenvalue weighted by molar-refractivity contribution is 14.1. The summed E-state index contributed by atoms with van der Waals surface area (Å²) in [4.78, 5) is 1.33. The van der Waals surface area contributed by atoms with Gasteiger partial charge in [0.15, 0.2) is 0 Å². The zero-order valence-electron chi connectivity index (χ0n) is 7.74. The molecule has 5 heteroatoms. The molecule has 2 N–H and O–H groups in total. The second-order valence-corrected chi connectivity index (χ2v) is 7.94. The van der Waals surface area contributed by atoms with Crippen LogP contribution < -0.4 is 5.73 Å². The molecule has 80 valence electrons. The van der Waals surface area contributed by atoms with E-state index in [4.69, 9.17) is 5.73 Å². The molecule has 0 aliphatic rings. The van der Waals surface area contributed by atoms with Crippen LogP contribution in [0.3, 0.4) is 0 Å². The van der Waals surface area contributed by atoms with Crippen LogP contribution in [-0.2, 0) is 6.42 Å². The predicted molar refractivity (Wildman–Crippen MR) is 79.7 cm³/mol. The van der Waals surface area contributed by atoms with Gasteiger partial charge < -0.3 is 5.73 Å². The van der Waals surface area contributed by atoms with Crippen LogP contribution in [0.1, 0.15) is 16.5 Å². The molecule has 1 nitrogen and oxygen atoms in total. The fourth-order valence-electron chi connectivity index (χ4n) is 1.31. The minimum Gasteiger partial charge on any atom is -0.324 e. The highest BCUT2D eigenvalue weighted by Gasteiger charge is 2.10. The van der Waals surface area contributed by atoms with Gasteiger partial charge in [0.05, 0.1) is 2.88 Å². The molecule has 0 saturated carbocycles. The van der Waals surface area contributed by atoms with Gasteiger partial charge >= 0.3 is 0 Å². The summed E-state index contributed by atoms with van der Waals surface area (Å²) in [6, 6.07) is 4.43. The molecule has 2 heterocycles. The summed E-state index contributed by atoms with van der Waals surface area (Å²) in [5.74, 6) is 0. The zero-order valence-corrected chi connectivity index (χ0v) is 13.1. The van der Waals surface area contributed by atoms with Gasteiger partial charge in [0.25, 0.3) is 0 Å².